The van der Waals surface area contributed by atoms with Crippen molar-refractivity contribution >= 4 is 44.5 Å². The molecule has 0 aliphatic carbocycles. The third kappa shape index (κ3) is 3.30. The molecule has 0 aliphatic heterocycles. The highest BCUT2D eigenvalue weighted by atomic mass is 79.9. The van der Waals surface area contributed by atoms with E-state index in [4.69, 9.17) is 18.0 Å². The lowest BCUT2D eigenvalue weighted by Gasteiger charge is -2.11. The predicted octanol–water partition coefficient (Wildman–Crippen LogP) is 4.27. The van der Waals surface area contributed by atoms with E-state index in [1.807, 2.05) is 13.0 Å². The van der Waals surface area contributed by atoms with E-state index >= 15 is 0 Å². The minimum Gasteiger partial charge on any atom is -0.389 e. The van der Waals surface area contributed by atoms with E-state index in [-0.39, 0.29) is 5.82 Å². The van der Waals surface area contributed by atoms with Crippen LogP contribution in [0.1, 0.15) is 11.1 Å². The largest absolute Gasteiger partial charge is 0.389 e. The third-order valence-corrected chi connectivity index (χ3v) is 3.54. The van der Waals surface area contributed by atoms with Crippen molar-refractivity contribution in [1.82, 2.24) is 0 Å². The molecule has 0 aromatic heterocycles. The number of anilines is 2. The molecule has 2 rings (SSSR count). The summed E-state index contributed by atoms with van der Waals surface area (Å²) in [4.78, 5) is 0.328. The van der Waals surface area contributed by atoms with Crippen molar-refractivity contribution in [2.75, 3.05) is 5.32 Å². The molecule has 0 amide bonds. The molecule has 0 fully saturated rings. The van der Waals surface area contributed by atoms with Gasteiger partial charge in [-0.25, -0.2) is 4.39 Å². The molecule has 0 bridgehead atoms. The van der Waals surface area contributed by atoms with Gasteiger partial charge in [-0.2, -0.15) is 0 Å². The summed E-state index contributed by atoms with van der Waals surface area (Å²) in [6.45, 7) is 1.85. The molecular formula is C14H12BrFN2S. The quantitative estimate of drug-likeness (QED) is 0.820. The lowest BCUT2D eigenvalue weighted by atomic mass is 10.2. The molecule has 0 saturated carbocycles. The molecule has 2 nitrogen and oxygen atoms in total. The van der Waals surface area contributed by atoms with Gasteiger partial charge in [-0.3, -0.25) is 0 Å². The highest BCUT2D eigenvalue weighted by Gasteiger charge is 2.07. The van der Waals surface area contributed by atoms with Gasteiger partial charge >= 0.3 is 0 Å². The Labute approximate surface area is 124 Å². The number of thiocarbonyl (C=S) groups is 1. The van der Waals surface area contributed by atoms with E-state index in [1.54, 1.807) is 24.3 Å². The van der Waals surface area contributed by atoms with Crippen molar-refractivity contribution in [1.29, 1.82) is 0 Å². The maximum Gasteiger partial charge on any atom is 0.146 e. The lowest BCUT2D eigenvalue weighted by Crippen LogP contribution is -2.09. The number of nitrogens with one attached hydrogen (secondary N) is 1. The first-order valence-electron chi connectivity index (χ1n) is 5.60. The Hall–Kier alpha value is -1.46. The smallest absolute Gasteiger partial charge is 0.146 e. The molecule has 98 valence electrons. The standard InChI is InChI=1S/C14H12BrFN2S/c1-8-2-4-13(11(16)6-8)18-12-5-3-9(14(17)19)7-10(12)15/h2-7,18H,1H3,(H2,17,19). The van der Waals surface area contributed by atoms with Crippen LogP contribution in [0.4, 0.5) is 15.8 Å². The molecule has 2 aromatic rings. The second kappa shape index (κ2) is 5.67. The van der Waals surface area contributed by atoms with Crippen LogP contribution >= 0.6 is 28.1 Å². The second-order valence-corrected chi connectivity index (χ2v) is 5.46. The number of rotatable bonds is 3. The number of nitrogens with two attached hydrogens (primary N) is 1. The number of hydrogen-bond acceptors (Lipinski definition) is 2. The van der Waals surface area contributed by atoms with Crippen LogP contribution in [0.25, 0.3) is 0 Å². The van der Waals surface area contributed by atoms with Crippen molar-refractivity contribution in [2.45, 2.75) is 6.92 Å². The summed E-state index contributed by atoms with van der Waals surface area (Å²) >= 11 is 8.32. The van der Waals surface area contributed by atoms with Crippen molar-refractivity contribution in [3.8, 4) is 0 Å². The van der Waals surface area contributed by atoms with Gasteiger partial charge in [-0.05, 0) is 58.7 Å². The summed E-state index contributed by atoms with van der Waals surface area (Å²) in [5.41, 5.74) is 8.38. The molecule has 0 heterocycles. The van der Waals surface area contributed by atoms with Crippen LogP contribution in [0.15, 0.2) is 40.9 Å². The lowest BCUT2D eigenvalue weighted by molar-refractivity contribution is 0.630. The Morgan fingerprint density at radius 3 is 2.47 bits per heavy atom. The van der Waals surface area contributed by atoms with E-state index in [0.717, 1.165) is 21.3 Å². The van der Waals surface area contributed by atoms with Crippen LogP contribution in [-0.4, -0.2) is 4.99 Å². The van der Waals surface area contributed by atoms with Crippen molar-refractivity contribution in [3.63, 3.8) is 0 Å². The van der Waals surface area contributed by atoms with Gasteiger partial charge in [0.15, 0.2) is 0 Å². The molecule has 0 saturated heterocycles. The Morgan fingerprint density at radius 1 is 1.21 bits per heavy atom. The van der Waals surface area contributed by atoms with Gasteiger partial charge in [0, 0.05) is 10.0 Å². The van der Waals surface area contributed by atoms with Crippen molar-refractivity contribution in [3.05, 3.63) is 57.8 Å². The maximum atomic E-state index is 13.8. The van der Waals surface area contributed by atoms with Crippen LogP contribution in [0.5, 0.6) is 0 Å². The average molecular weight is 339 g/mol. The fraction of sp³-hybridized carbons (Fsp3) is 0.0714. The van der Waals surface area contributed by atoms with Crippen LogP contribution in [0, 0.1) is 12.7 Å². The van der Waals surface area contributed by atoms with Gasteiger partial charge < -0.3 is 11.1 Å². The molecule has 0 aliphatic rings. The van der Waals surface area contributed by atoms with Gasteiger partial charge in [0.2, 0.25) is 0 Å². The van der Waals surface area contributed by atoms with E-state index in [2.05, 4.69) is 21.2 Å². The Morgan fingerprint density at radius 2 is 1.89 bits per heavy atom. The van der Waals surface area contributed by atoms with Crippen LogP contribution < -0.4 is 11.1 Å². The molecule has 19 heavy (non-hydrogen) atoms. The number of hydrogen-bond donors (Lipinski definition) is 2. The topological polar surface area (TPSA) is 38.0 Å². The van der Waals surface area contributed by atoms with Gasteiger partial charge in [-0.1, -0.05) is 18.3 Å². The molecule has 2 aromatic carbocycles. The zero-order chi connectivity index (χ0) is 14.0. The summed E-state index contributed by atoms with van der Waals surface area (Å²) < 4.78 is 14.5. The van der Waals surface area contributed by atoms with Gasteiger partial charge in [0.25, 0.3) is 0 Å². The van der Waals surface area contributed by atoms with Gasteiger partial charge in [0.05, 0.1) is 11.4 Å². The molecule has 0 atom stereocenters. The summed E-state index contributed by atoms with van der Waals surface area (Å²) in [5.74, 6) is -0.287. The van der Waals surface area contributed by atoms with Crippen molar-refractivity contribution < 1.29 is 4.39 Å². The minimum absolute atomic E-state index is 0.287. The Bertz CT molecular complexity index is 643. The first-order valence-corrected chi connectivity index (χ1v) is 6.80. The zero-order valence-electron chi connectivity index (χ0n) is 10.2. The summed E-state index contributed by atoms with van der Waals surface area (Å²) in [7, 11) is 0. The van der Waals surface area contributed by atoms with Gasteiger partial charge in [0.1, 0.15) is 10.8 Å². The number of halogens is 2. The zero-order valence-corrected chi connectivity index (χ0v) is 12.6. The maximum absolute atomic E-state index is 13.8. The van der Waals surface area contributed by atoms with Crippen LogP contribution in [-0.2, 0) is 0 Å². The molecule has 0 radical (unpaired) electrons. The highest BCUT2D eigenvalue weighted by molar-refractivity contribution is 9.10. The van der Waals surface area contributed by atoms with Crippen molar-refractivity contribution in [2.24, 2.45) is 5.73 Å². The van der Waals surface area contributed by atoms with E-state index in [1.165, 1.54) is 6.07 Å². The first kappa shape index (κ1) is 14.0. The Balaban J connectivity index is 2.31. The van der Waals surface area contributed by atoms with Crippen LogP contribution in [0.3, 0.4) is 0 Å². The molecule has 0 unspecified atom stereocenters. The second-order valence-electron chi connectivity index (χ2n) is 4.17. The Kier molecular flexibility index (Phi) is 4.17. The molecule has 5 heteroatoms. The van der Waals surface area contributed by atoms with E-state index in [0.29, 0.717) is 10.7 Å². The summed E-state index contributed by atoms with van der Waals surface area (Å²) in [6.07, 6.45) is 0. The normalized spacial score (nSPS) is 10.3. The highest BCUT2D eigenvalue weighted by Crippen LogP contribution is 2.28. The van der Waals surface area contributed by atoms with E-state index in [9.17, 15) is 4.39 Å². The SMILES string of the molecule is Cc1ccc(Nc2ccc(C(N)=S)cc2Br)c(F)c1. The predicted molar refractivity (Wildman–Crippen MR) is 84.4 cm³/mol. The fourth-order valence-corrected chi connectivity index (χ4v) is 2.24. The number of aryl methyl sites for hydroxylation is 1. The fourth-order valence-electron chi connectivity index (χ4n) is 1.64. The van der Waals surface area contributed by atoms with Crippen LogP contribution in [0.2, 0.25) is 0 Å². The summed E-state index contributed by atoms with van der Waals surface area (Å²) in [5, 5.41) is 3.03. The first-order chi connectivity index (χ1) is 8.97. The monoisotopic (exact) mass is 338 g/mol. The minimum atomic E-state index is -0.287. The summed E-state index contributed by atoms with van der Waals surface area (Å²) in [6, 6.07) is 10.4. The van der Waals surface area contributed by atoms with E-state index < -0.39 is 0 Å². The average Bonchev–Trinajstić information content (AvgIpc) is 2.34. The third-order valence-electron chi connectivity index (χ3n) is 2.65. The number of benzene rings is 2. The molecular weight excluding hydrogens is 327 g/mol. The van der Waals surface area contributed by atoms with Gasteiger partial charge in [-0.15, -0.1) is 0 Å². The molecule has 0 spiro atoms. The molecule has 3 N–H and O–H groups in total.